The lowest BCUT2D eigenvalue weighted by Gasteiger charge is -2.24. The first kappa shape index (κ1) is 54.9. The molecule has 0 bridgehead atoms. The number of carbonyl (C=O) groups is 2. The topological polar surface area (TPSA) is 108 Å². The maximum absolute atomic E-state index is 12.6. The van der Waals surface area contributed by atoms with Gasteiger partial charge in [-0.2, -0.15) is 0 Å². The van der Waals surface area contributed by atoms with E-state index in [0.29, 0.717) is 23.9 Å². The highest BCUT2D eigenvalue weighted by molar-refractivity contribution is 7.47. The summed E-state index contributed by atoms with van der Waals surface area (Å²) in [5.41, 5.74) is 0. The number of quaternary nitrogens is 1. The number of likely N-dealkylation sites (N-methyl/N-ethyl adjacent to an activating group) is 1. The van der Waals surface area contributed by atoms with Gasteiger partial charge in [0.05, 0.1) is 34.2 Å². The van der Waals surface area contributed by atoms with Gasteiger partial charge >= 0.3 is 19.8 Å². The van der Waals surface area contributed by atoms with Crippen molar-refractivity contribution >= 4 is 19.8 Å². The number of carbonyl (C=O) groups excluding carboxylic acids is 2. The Balaban J connectivity index is 4.51. The van der Waals surface area contributed by atoms with Gasteiger partial charge in [0, 0.05) is 6.42 Å². The van der Waals surface area contributed by atoms with Crippen molar-refractivity contribution in [1.82, 2.24) is 0 Å². The largest absolute Gasteiger partial charge is 0.472 e. The van der Waals surface area contributed by atoms with Gasteiger partial charge in [0.15, 0.2) is 6.10 Å². The van der Waals surface area contributed by atoms with Gasteiger partial charge in [0.2, 0.25) is 0 Å². The Hall–Kier alpha value is -3.07. The molecule has 58 heavy (non-hydrogen) atoms. The summed E-state index contributed by atoms with van der Waals surface area (Å²) < 4.78 is 34.1. The molecule has 2 atom stereocenters. The van der Waals surface area contributed by atoms with Crippen LogP contribution in [0.15, 0.2) is 97.2 Å². The number of rotatable bonds is 38. The lowest BCUT2D eigenvalue weighted by atomic mass is 10.1. The fourth-order valence-corrected chi connectivity index (χ4v) is 5.95. The Morgan fingerprint density at radius 1 is 0.569 bits per heavy atom. The summed E-state index contributed by atoms with van der Waals surface area (Å²) in [5, 5.41) is 0. The van der Waals surface area contributed by atoms with Crippen molar-refractivity contribution < 1.29 is 42.1 Å². The second-order valence-corrected chi connectivity index (χ2v) is 16.8. The van der Waals surface area contributed by atoms with E-state index in [-0.39, 0.29) is 26.1 Å². The van der Waals surface area contributed by atoms with E-state index in [9.17, 15) is 19.0 Å². The molecule has 0 aliphatic rings. The van der Waals surface area contributed by atoms with Crippen LogP contribution in [0.4, 0.5) is 0 Å². The standard InChI is InChI=1S/C48H80NO8P/c1-6-8-10-12-14-16-18-20-22-23-24-25-27-28-30-32-34-36-38-40-47(50)54-44-46(45-56-58(52,53)55-43-42-49(3,4)5)57-48(51)41-39-37-35-33-31-29-26-21-19-17-15-13-11-9-7-2/h9,11,14-17,20-22,24-26,31,33,37,39,46H,6-8,10,12-13,18-19,23,27-30,32,34-36,38,40-45H2,1-5H3/p+1/b11-9-,16-14-,17-15-,22-20-,25-24-,26-21-,33-31-,39-37-. The third-order valence-corrected chi connectivity index (χ3v) is 9.62. The highest BCUT2D eigenvalue weighted by Crippen LogP contribution is 2.43. The van der Waals surface area contributed by atoms with E-state index in [1.807, 2.05) is 33.3 Å². The maximum atomic E-state index is 12.6. The Bertz CT molecular complexity index is 1300. The Labute approximate surface area is 353 Å². The summed E-state index contributed by atoms with van der Waals surface area (Å²) in [7, 11) is 1.39. The molecule has 10 heteroatoms. The van der Waals surface area contributed by atoms with E-state index in [1.165, 1.54) is 25.7 Å². The molecule has 0 aromatic heterocycles. The van der Waals surface area contributed by atoms with Crippen LogP contribution in [-0.4, -0.2) is 74.9 Å². The SMILES string of the molecule is CC/C=C\C/C=C\C/C=C\C/C=C\C/C=C\CC(=O)OC(COC(=O)CCCCCCCC/C=C\C/C=C\C/C=C\CCCCC)COP(=O)(O)OCC[N+](C)(C)C. The highest BCUT2D eigenvalue weighted by atomic mass is 31.2. The van der Waals surface area contributed by atoms with Crippen molar-refractivity contribution in [2.24, 2.45) is 0 Å². The van der Waals surface area contributed by atoms with Gasteiger partial charge in [-0.3, -0.25) is 18.6 Å². The maximum Gasteiger partial charge on any atom is 0.472 e. The van der Waals surface area contributed by atoms with Crippen molar-refractivity contribution in [1.29, 1.82) is 0 Å². The summed E-state index contributed by atoms with van der Waals surface area (Å²) >= 11 is 0. The summed E-state index contributed by atoms with van der Waals surface area (Å²) in [5.74, 6) is -0.971. The number of ether oxygens (including phenoxy) is 2. The van der Waals surface area contributed by atoms with Crippen LogP contribution in [0, 0.1) is 0 Å². The van der Waals surface area contributed by atoms with Gasteiger partial charge in [-0.05, 0) is 77.0 Å². The van der Waals surface area contributed by atoms with Gasteiger partial charge in [0.25, 0.3) is 0 Å². The third-order valence-electron chi connectivity index (χ3n) is 8.63. The van der Waals surface area contributed by atoms with E-state index < -0.39 is 32.5 Å². The molecular formula is C48H81NO8P+. The molecule has 0 aromatic rings. The van der Waals surface area contributed by atoms with Gasteiger partial charge in [-0.15, -0.1) is 0 Å². The number of hydrogen-bond donors (Lipinski definition) is 1. The van der Waals surface area contributed by atoms with Crippen molar-refractivity contribution in [3.05, 3.63) is 97.2 Å². The van der Waals surface area contributed by atoms with E-state index in [2.05, 4.69) is 92.8 Å². The molecule has 0 saturated carbocycles. The molecule has 330 valence electrons. The number of phosphoric ester groups is 1. The first-order valence-electron chi connectivity index (χ1n) is 22.0. The Morgan fingerprint density at radius 3 is 1.55 bits per heavy atom. The van der Waals surface area contributed by atoms with Crippen LogP contribution in [0.3, 0.4) is 0 Å². The molecular weight excluding hydrogens is 750 g/mol. The molecule has 1 N–H and O–H groups in total. The Morgan fingerprint density at radius 2 is 1.03 bits per heavy atom. The van der Waals surface area contributed by atoms with E-state index in [1.54, 1.807) is 6.08 Å². The third kappa shape index (κ3) is 42.5. The van der Waals surface area contributed by atoms with Crippen molar-refractivity contribution in [2.75, 3.05) is 47.5 Å². The van der Waals surface area contributed by atoms with Crippen LogP contribution in [-0.2, 0) is 32.7 Å². The number of phosphoric acid groups is 1. The van der Waals surface area contributed by atoms with Crippen molar-refractivity contribution in [2.45, 2.75) is 148 Å². The molecule has 0 fully saturated rings. The second kappa shape index (κ2) is 39.4. The highest BCUT2D eigenvalue weighted by Gasteiger charge is 2.26. The predicted molar refractivity (Wildman–Crippen MR) is 242 cm³/mol. The zero-order valence-electron chi connectivity index (χ0n) is 37.0. The average molecular weight is 831 g/mol. The molecule has 0 aliphatic carbocycles. The summed E-state index contributed by atoms with van der Waals surface area (Å²) in [6, 6.07) is 0. The minimum absolute atomic E-state index is 0.000249. The van der Waals surface area contributed by atoms with E-state index >= 15 is 0 Å². The molecule has 0 spiro atoms. The molecule has 9 nitrogen and oxygen atoms in total. The number of nitrogens with zero attached hydrogens (tertiary/aromatic N) is 1. The van der Waals surface area contributed by atoms with Crippen LogP contribution < -0.4 is 0 Å². The molecule has 2 unspecified atom stereocenters. The zero-order valence-corrected chi connectivity index (χ0v) is 37.9. The van der Waals surface area contributed by atoms with Gasteiger partial charge in [0.1, 0.15) is 19.8 Å². The molecule has 0 amide bonds. The van der Waals surface area contributed by atoms with Crippen molar-refractivity contribution in [3.63, 3.8) is 0 Å². The normalized spacial score (nSPS) is 14.5. The van der Waals surface area contributed by atoms with Gasteiger partial charge < -0.3 is 18.9 Å². The van der Waals surface area contributed by atoms with Crippen LogP contribution in [0.5, 0.6) is 0 Å². The number of allylic oxidation sites excluding steroid dienone is 15. The molecule has 0 aliphatic heterocycles. The second-order valence-electron chi connectivity index (χ2n) is 15.4. The van der Waals surface area contributed by atoms with E-state index in [4.69, 9.17) is 18.5 Å². The number of unbranched alkanes of at least 4 members (excludes halogenated alkanes) is 9. The smallest absolute Gasteiger partial charge is 0.462 e. The lowest BCUT2D eigenvalue weighted by molar-refractivity contribution is -0.870. The minimum atomic E-state index is -4.41. The summed E-state index contributed by atoms with van der Waals surface area (Å²) in [6.07, 6.45) is 52.0. The quantitative estimate of drug-likeness (QED) is 0.0215. The summed E-state index contributed by atoms with van der Waals surface area (Å²) in [6.45, 7) is 4.12. The number of hydrogen-bond acceptors (Lipinski definition) is 7. The Kier molecular flexibility index (Phi) is 37.3. The van der Waals surface area contributed by atoms with Crippen molar-refractivity contribution in [3.8, 4) is 0 Å². The molecule has 0 heterocycles. The molecule has 0 radical (unpaired) electrons. The van der Waals surface area contributed by atoms with Crippen LogP contribution in [0.25, 0.3) is 0 Å². The predicted octanol–water partition coefficient (Wildman–Crippen LogP) is 12.6. The van der Waals surface area contributed by atoms with Crippen LogP contribution in [0.1, 0.15) is 142 Å². The fraction of sp³-hybridized carbons (Fsp3) is 0.625. The number of esters is 2. The van der Waals surface area contributed by atoms with Gasteiger partial charge in [-0.25, -0.2) is 4.57 Å². The molecule has 0 aromatic carbocycles. The monoisotopic (exact) mass is 831 g/mol. The summed E-state index contributed by atoms with van der Waals surface area (Å²) in [4.78, 5) is 35.3. The average Bonchev–Trinajstić information content (AvgIpc) is 3.17. The minimum Gasteiger partial charge on any atom is -0.462 e. The first-order chi connectivity index (χ1) is 28.0. The fourth-order valence-electron chi connectivity index (χ4n) is 5.21. The van der Waals surface area contributed by atoms with E-state index in [0.717, 1.165) is 77.0 Å². The van der Waals surface area contributed by atoms with Crippen LogP contribution in [0.2, 0.25) is 0 Å². The zero-order chi connectivity index (χ0) is 42.8. The lowest BCUT2D eigenvalue weighted by Crippen LogP contribution is -2.37. The van der Waals surface area contributed by atoms with Crippen LogP contribution >= 0.6 is 7.82 Å². The first-order valence-corrected chi connectivity index (χ1v) is 23.5. The molecule has 0 saturated heterocycles. The van der Waals surface area contributed by atoms with Gasteiger partial charge in [-0.1, -0.05) is 150 Å². The molecule has 0 rings (SSSR count).